The Hall–Kier alpha value is -0.770. The molecule has 0 aromatic carbocycles. The van der Waals surface area contributed by atoms with Gasteiger partial charge >= 0.3 is 0 Å². The standard InChI is InChI=1S/C10H22N4/c1-8(2)12-10(13-11)14-7-5-4-6-9(14)3/h8-9H,4-7,11H2,1-3H3,(H,12,13). The number of nitrogens with one attached hydrogen (secondary N) is 1. The Kier molecular flexibility index (Phi) is 4.20. The zero-order valence-corrected chi connectivity index (χ0v) is 9.45. The van der Waals surface area contributed by atoms with Gasteiger partial charge in [-0.05, 0) is 40.0 Å². The first-order valence-corrected chi connectivity index (χ1v) is 5.46. The number of rotatable bonds is 1. The zero-order valence-electron chi connectivity index (χ0n) is 9.45. The van der Waals surface area contributed by atoms with Crippen molar-refractivity contribution in [3.8, 4) is 0 Å². The molecular weight excluding hydrogens is 176 g/mol. The number of nitrogens with zero attached hydrogens (tertiary/aromatic N) is 2. The molecule has 4 nitrogen and oxygen atoms in total. The lowest BCUT2D eigenvalue weighted by Gasteiger charge is -2.35. The van der Waals surface area contributed by atoms with Crippen molar-refractivity contribution in [2.24, 2.45) is 10.8 Å². The van der Waals surface area contributed by atoms with Crippen molar-refractivity contribution in [2.45, 2.75) is 52.1 Å². The molecule has 0 radical (unpaired) electrons. The quantitative estimate of drug-likeness (QED) is 0.287. The number of guanidine groups is 1. The first kappa shape index (κ1) is 11.3. The number of nitrogens with two attached hydrogens (primary N) is 1. The van der Waals surface area contributed by atoms with Crippen LogP contribution in [0.25, 0.3) is 0 Å². The summed E-state index contributed by atoms with van der Waals surface area (Å²) in [4.78, 5) is 6.74. The summed E-state index contributed by atoms with van der Waals surface area (Å²) in [5.41, 5.74) is 2.71. The second-order valence-corrected chi connectivity index (χ2v) is 4.23. The first-order chi connectivity index (χ1) is 6.65. The molecule has 0 aromatic rings. The minimum absolute atomic E-state index is 0.287. The summed E-state index contributed by atoms with van der Waals surface area (Å²) in [5, 5.41) is 0. The van der Waals surface area contributed by atoms with Gasteiger partial charge in [-0.1, -0.05) is 0 Å². The maximum Gasteiger partial charge on any atom is 0.208 e. The molecule has 0 aliphatic carbocycles. The van der Waals surface area contributed by atoms with Crippen molar-refractivity contribution < 1.29 is 0 Å². The van der Waals surface area contributed by atoms with Crippen LogP contribution in [0.1, 0.15) is 40.0 Å². The number of aliphatic imine (C=N–C) groups is 1. The van der Waals surface area contributed by atoms with E-state index in [1.807, 2.05) is 0 Å². The predicted octanol–water partition coefficient (Wildman–Crippen LogP) is 1.09. The zero-order chi connectivity index (χ0) is 10.6. The summed E-state index contributed by atoms with van der Waals surface area (Å²) in [6.07, 6.45) is 3.79. The molecule has 1 atom stereocenters. The van der Waals surface area contributed by atoms with Gasteiger partial charge in [0, 0.05) is 18.6 Å². The van der Waals surface area contributed by atoms with Crippen LogP contribution >= 0.6 is 0 Å². The summed E-state index contributed by atoms with van der Waals surface area (Å²) >= 11 is 0. The summed E-state index contributed by atoms with van der Waals surface area (Å²) in [7, 11) is 0. The van der Waals surface area contributed by atoms with Crippen molar-refractivity contribution in [1.29, 1.82) is 0 Å². The molecule has 14 heavy (non-hydrogen) atoms. The van der Waals surface area contributed by atoms with Gasteiger partial charge in [0.05, 0.1) is 0 Å². The molecule has 1 fully saturated rings. The normalized spacial score (nSPS) is 24.2. The predicted molar refractivity (Wildman–Crippen MR) is 59.9 cm³/mol. The molecule has 3 N–H and O–H groups in total. The fourth-order valence-electron chi connectivity index (χ4n) is 1.85. The molecule has 1 saturated heterocycles. The van der Waals surface area contributed by atoms with Gasteiger partial charge in [-0.2, -0.15) is 0 Å². The van der Waals surface area contributed by atoms with Crippen molar-refractivity contribution in [3.05, 3.63) is 0 Å². The largest absolute Gasteiger partial charge is 0.339 e. The minimum atomic E-state index is 0.287. The number of likely N-dealkylation sites (tertiary alicyclic amines) is 1. The number of piperidine rings is 1. The average Bonchev–Trinajstić information content (AvgIpc) is 2.15. The third-order valence-corrected chi connectivity index (χ3v) is 2.58. The molecule has 1 aliphatic heterocycles. The number of hydrazine groups is 1. The lowest BCUT2D eigenvalue weighted by Crippen LogP contribution is -2.51. The SMILES string of the molecule is CC(C)N=C(NN)N1CCCCC1C. The molecule has 4 heteroatoms. The molecule has 0 saturated carbocycles. The minimum Gasteiger partial charge on any atom is -0.339 e. The van der Waals surface area contributed by atoms with Gasteiger partial charge in [0.15, 0.2) is 0 Å². The summed E-state index contributed by atoms with van der Waals surface area (Å²) in [6, 6.07) is 0.840. The van der Waals surface area contributed by atoms with Crippen LogP contribution < -0.4 is 11.3 Å². The van der Waals surface area contributed by atoms with E-state index >= 15 is 0 Å². The van der Waals surface area contributed by atoms with E-state index in [2.05, 4.69) is 36.1 Å². The molecule has 1 heterocycles. The van der Waals surface area contributed by atoms with Gasteiger partial charge in [-0.3, -0.25) is 5.43 Å². The van der Waals surface area contributed by atoms with Crippen LogP contribution in [0, 0.1) is 0 Å². The van der Waals surface area contributed by atoms with Crippen LogP contribution in [-0.2, 0) is 0 Å². The van der Waals surface area contributed by atoms with Gasteiger partial charge in [-0.15, -0.1) is 0 Å². The topological polar surface area (TPSA) is 53.6 Å². The van der Waals surface area contributed by atoms with Crippen LogP contribution in [0.15, 0.2) is 4.99 Å². The van der Waals surface area contributed by atoms with Crippen LogP contribution in [0.5, 0.6) is 0 Å². The van der Waals surface area contributed by atoms with E-state index in [4.69, 9.17) is 5.84 Å². The van der Waals surface area contributed by atoms with Gasteiger partial charge in [-0.25, -0.2) is 10.8 Å². The van der Waals surface area contributed by atoms with Crippen LogP contribution in [0.2, 0.25) is 0 Å². The van der Waals surface area contributed by atoms with E-state index in [1.54, 1.807) is 0 Å². The van der Waals surface area contributed by atoms with Crippen molar-refractivity contribution in [3.63, 3.8) is 0 Å². The van der Waals surface area contributed by atoms with Gasteiger partial charge in [0.25, 0.3) is 0 Å². The van der Waals surface area contributed by atoms with E-state index < -0.39 is 0 Å². The van der Waals surface area contributed by atoms with E-state index in [0.717, 1.165) is 12.5 Å². The maximum atomic E-state index is 5.49. The highest BCUT2D eigenvalue weighted by Gasteiger charge is 2.21. The molecule has 0 bridgehead atoms. The Labute approximate surface area is 86.5 Å². The summed E-state index contributed by atoms with van der Waals surface area (Å²) in [6.45, 7) is 7.42. The molecule has 0 amide bonds. The monoisotopic (exact) mass is 198 g/mol. The summed E-state index contributed by atoms with van der Waals surface area (Å²) in [5.74, 6) is 6.33. The molecule has 0 aromatic heterocycles. The lowest BCUT2D eigenvalue weighted by atomic mass is 10.0. The fraction of sp³-hybridized carbons (Fsp3) is 0.900. The second-order valence-electron chi connectivity index (χ2n) is 4.23. The van der Waals surface area contributed by atoms with Gasteiger partial charge in [0.2, 0.25) is 5.96 Å². The molecular formula is C10H22N4. The molecule has 1 aliphatic rings. The third-order valence-electron chi connectivity index (χ3n) is 2.58. The number of hydrogen-bond acceptors (Lipinski definition) is 2. The van der Waals surface area contributed by atoms with E-state index in [0.29, 0.717) is 6.04 Å². The molecule has 82 valence electrons. The van der Waals surface area contributed by atoms with E-state index in [1.165, 1.54) is 19.3 Å². The maximum absolute atomic E-state index is 5.49. The Morgan fingerprint density at radius 1 is 1.50 bits per heavy atom. The van der Waals surface area contributed by atoms with Crippen LogP contribution in [0.4, 0.5) is 0 Å². The van der Waals surface area contributed by atoms with Crippen molar-refractivity contribution in [1.82, 2.24) is 10.3 Å². The van der Waals surface area contributed by atoms with Crippen LogP contribution in [-0.4, -0.2) is 29.5 Å². The summed E-state index contributed by atoms with van der Waals surface area (Å²) < 4.78 is 0. The van der Waals surface area contributed by atoms with Gasteiger partial charge < -0.3 is 4.90 Å². The Bertz CT molecular complexity index is 200. The Morgan fingerprint density at radius 3 is 2.71 bits per heavy atom. The van der Waals surface area contributed by atoms with E-state index in [9.17, 15) is 0 Å². The van der Waals surface area contributed by atoms with Gasteiger partial charge in [0.1, 0.15) is 0 Å². The van der Waals surface area contributed by atoms with Crippen LogP contribution in [0.3, 0.4) is 0 Å². The molecule has 1 rings (SSSR count). The highest BCUT2D eigenvalue weighted by molar-refractivity contribution is 5.79. The number of hydrogen-bond donors (Lipinski definition) is 2. The smallest absolute Gasteiger partial charge is 0.208 e. The first-order valence-electron chi connectivity index (χ1n) is 5.46. The molecule has 1 unspecified atom stereocenters. The van der Waals surface area contributed by atoms with E-state index in [-0.39, 0.29) is 6.04 Å². The average molecular weight is 198 g/mol. The second kappa shape index (κ2) is 5.20. The lowest BCUT2D eigenvalue weighted by molar-refractivity contribution is 0.249. The fourth-order valence-corrected chi connectivity index (χ4v) is 1.85. The third kappa shape index (κ3) is 2.87. The van der Waals surface area contributed by atoms with Crippen molar-refractivity contribution >= 4 is 5.96 Å². The van der Waals surface area contributed by atoms with Crippen molar-refractivity contribution in [2.75, 3.05) is 6.54 Å². The highest BCUT2D eigenvalue weighted by Crippen LogP contribution is 2.16. The molecule has 0 spiro atoms. The highest BCUT2D eigenvalue weighted by atomic mass is 15.4. The Morgan fingerprint density at radius 2 is 2.21 bits per heavy atom. The Balaban J connectivity index is 2.67.